The van der Waals surface area contributed by atoms with Crippen molar-refractivity contribution in [3.63, 3.8) is 0 Å². The molecule has 1 saturated carbocycles. The van der Waals surface area contributed by atoms with E-state index in [9.17, 15) is 0 Å². The summed E-state index contributed by atoms with van der Waals surface area (Å²) in [5.41, 5.74) is 7.98. The maximum absolute atomic E-state index is 6.53. The fourth-order valence-corrected chi connectivity index (χ4v) is 3.02. The van der Waals surface area contributed by atoms with Gasteiger partial charge in [-0.05, 0) is 30.9 Å². The molecule has 2 heterocycles. The van der Waals surface area contributed by atoms with Crippen LogP contribution in [0.5, 0.6) is 0 Å². The van der Waals surface area contributed by atoms with Gasteiger partial charge in [-0.15, -0.1) is 0 Å². The zero-order chi connectivity index (χ0) is 14.7. The van der Waals surface area contributed by atoms with E-state index in [1.165, 1.54) is 12.8 Å². The molecule has 0 radical (unpaired) electrons. The smallest absolute Gasteiger partial charge is 0.247 e. The molecule has 0 aliphatic heterocycles. The van der Waals surface area contributed by atoms with Crippen LogP contribution in [0.4, 0.5) is 0 Å². The molecule has 0 amide bonds. The summed E-state index contributed by atoms with van der Waals surface area (Å²) in [6.07, 6.45) is 9.19. The lowest BCUT2D eigenvalue weighted by atomic mass is 9.91. The van der Waals surface area contributed by atoms with E-state index in [0.29, 0.717) is 11.7 Å². The Labute approximate surface area is 125 Å². The van der Waals surface area contributed by atoms with E-state index in [-0.39, 0.29) is 0 Å². The molecule has 2 N–H and O–H groups in total. The number of hydrogen-bond acceptors (Lipinski definition) is 5. The Hall–Kier alpha value is -1.75. The minimum absolute atomic E-state index is 0.469. The van der Waals surface area contributed by atoms with Crippen molar-refractivity contribution in [2.75, 3.05) is 0 Å². The fraction of sp³-hybridized carbons (Fsp3) is 0.562. The van der Waals surface area contributed by atoms with Crippen LogP contribution in [-0.2, 0) is 12.0 Å². The number of aromatic nitrogens is 3. The van der Waals surface area contributed by atoms with Gasteiger partial charge in [-0.3, -0.25) is 4.98 Å². The summed E-state index contributed by atoms with van der Waals surface area (Å²) in [5, 5.41) is 4.12. The van der Waals surface area contributed by atoms with Gasteiger partial charge in [0.15, 0.2) is 0 Å². The highest BCUT2D eigenvalue weighted by molar-refractivity contribution is 5.53. The molecule has 1 aliphatic rings. The zero-order valence-corrected chi connectivity index (χ0v) is 12.5. The molecule has 112 valence electrons. The third-order valence-electron chi connectivity index (χ3n) is 4.33. The van der Waals surface area contributed by atoms with E-state index in [4.69, 9.17) is 10.3 Å². The van der Waals surface area contributed by atoms with Gasteiger partial charge in [0.2, 0.25) is 11.7 Å². The van der Waals surface area contributed by atoms with E-state index < -0.39 is 5.54 Å². The number of pyridine rings is 1. The molecule has 21 heavy (non-hydrogen) atoms. The largest absolute Gasteiger partial charge is 0.337 e. The van der Waals surface area contributed by atoms with Crippen molar-refractivity contribution in [3.8, 4) is 11.5 Å². The van der Waals surface area contributed by atoms with Crippen molar-refractivity contribution in [3.05, 3.63) is 29.8 Å². The van der Waals surface area contributed by atoms with Gasteiger partial charge in [0.1, 0.15) is 5.69 Å². The van der Waals surface area contributed by atoms with Crippen LogP contribution in [0.25, 0.3) is 11.5 Å². The molecular formula is C16H22N4O. The lowest BCUT2D eigenvalue weighted by Gasteiger charge is -2.22. The topological polar surface area (TPSA) is 77.8 Å². The summed E-state index contributed by atoms with van der Waals surface area (Å²) in [7, 11) is 0. The summed E-state index contributed by atoms with van der Waals surface area (Å²) < 4.78 is 5.49. The van der Waals surface area contributed by atoms with Gasteiger partial charge < -0.3 is 10.3 Å². The molecule has 0 aromatic carbocycles. The third-order valence-corrected chi connectivity index (χ3v) is 4.33. The monoisotopic (exact) mass is 286 g/mol. The highest BCUT2D eigenvalue weighted by Gasteiger charge is 2.34. The molecule has 0 unspecified atom stereocenters. The molecule has 1 fully saturated rings. The van der Waals surface area contributed by atoms with Gasteiger partial charge in [0, 0.05) is 6.20 Å². The average Bonchev–Trinajstić information content (AvgIpc) is 2.91. The molecule has 5 heteroatoms. The van der Waals surface area contributed by atoms with Gasteiger partial charge in [-0.2, -0.15) is 4.98 Å². The van der Waals surface area contributed by atoms with Crippen LogP contribution in [-0.4, -0.2) is 15.1 Å². The molecule has 0 spiro atoms. The molecule has 2 aromatic heterocycles. The maximum Gasteiger partial charge on any atom is 0.247 e. The molecule has 0 bridgehead atoms. The second-order valence-electron chi connectivity index (χ2n) is 5.86. The fourth-order valence-electron chi connectivity index (χ4n) is 3.02. The van der Waals surface area contributed by atoms with Crippen molar-refractivity contribution < 1.29 is 4.52 Å². The first-order valence-electron chi connectivity index (χ1n) is 7.80. The van der Waals surface area contributed by atoms with Crippen LogP contribution in [0.1, 0.15) is 56.9 Å². The van der Waals surface area contributed by atoms with E-state index in [0.717, 1.165) is 43.4 Å². The second kappa shape index (κ2) is 5.93. The average molecular weight is 286 g/mol. The number of nitrogens with two attached hydrogens (primary N) is 1. The summed E-state index contributed by atoms with van der Waals surface area (Å²) in [6.45, 7) is 2.09. The molecule has 0 saturated heterocycles. The Morgan fingerprint density at radius 2 is 2.00 bits per heavy atom. The van der Waals surface area contributed by atoms with E-state index in [1.54, 1.807) is 6.20 Å². The minimum atomic E-state index is -0.469. The number of rotatable bonds is 3. The first-order valence-corrected chi connectivity index (χ1v) is 7.80. The van der Waals surface area contributed by atoms with Crippen molar-refractivity contribution in [1.29, 1.82) is 0 Å². The van der Waals surface area contributed by atoms with E-state index in [2.05, 4.69) is 22.0 Å². The summed E-state index contributed by atoms with van der Waals surface area (Å²) >= 11 is 0. The van der Waals surface area contributed by atoms with Crippen LogP contribution in [0.2, 0.25) is 0 Å². The van der Waals surface area contributed by atoms with Gasteiger partial charge in [-0.1, -0.05) is 43.8 Å². The highest BCUT2D eigenvalue weighted by atomic mass is 16.5. The van der Waals surface area contributed by atoms with Crippen LogP contribution in [0.15, 0.2) is 22.9 Å². The van der Waals surface area contributed by atoms with Crippen LogP contribution in [0, 0.1) is 0 Å². The Morgan fingerprint density at radius 1 is 1.24 bits per heavy atom. The van der Waals surface area contributed by atoms with Gasteiger partial charge in [0.05, 0.1) is 5.54 Å². The Morgan fingerprint density at radius 3 is 2.71 bits per heavy atom. The van der Waals surface area contributed by atoms with Crippen LogP contribution < -0.4 is 5.73 Å². The van der Waals surface area contributed by atoms with Crippen molar-refractivity contribution in [2.24, 2.45) is 5.73 Å². The predicted octanol–water partition coefficient (Wildman–Crippen LogP) is 3.20. The molecule has 3 rings (SSSR count). The SMILES string of the molecule is CCc1cccnc1-c1noc(C2(N)CCCCCC2)n1. The standard InChI is InChI=1S/C16H22N4O/c1-2-12-8-7-11-18-13(12)14-19-15(21-20-14)16(17)9-5-3-4-6-10-16/h7-8,11H,2-6,9-10,17H2,1H3. The molecular weight excluding hydrogens is 264 g/mol. The lowest BCUT2D eigenvalue weighted by molar-refractivity contribution is 0.257. The normalized spacial score (nSPS) is 18.4. The Kier molecular flexibility index (Phi) is 4.01. The first-order chi connectivity index (χ1) is 10.2. The summed E-state index contributed by atoms with van der Waals surface area (Å²) in [6, 6.07) is 3.97. The molecule has 1 aliphatic carbocycles. The van der Waals surface area contributed by atoms with Gasteiger partial charge in [-0.25, -0.2) is 0 Å². The van der Waals surface area contributed by atoms with Crippen molar-refractivity contribution >= 4 is 0 Å². The van der Waals surface area contributed by atoms with Crippen LogP contribution >= 0.6 is 0 Å². The highest BCUT2D eigenvalue weighted by Crippen LogP contribution is 2.33. The van der Waals surface area contributed by atoms with Crippen LogP contribution in [0.3, 0.4) is 0 Å². The lowest BCUT2D eigenvalue weighted by Crippen LogP contribution is -2.36. The van der Waals surface area contributed by atoms with E-state index >= 15 is 0 Å². The Bertz CT molecular complexity index is 600. The minimum Gasteiger partial charge on any atom is -0.337 e. The number of aryl methyl sites for hydroxylation is 1. The predicted molar refractivity (Wildman–Crippen MR) is 80.5 cm³/mol. The molecule has 5 nitrogen and oxygen atoms in total. The summed E-state index contributed by atoms with van der Waals surface area (Å²) in [5.74, 6) is 1.11. The van der Waals surface area contributed by atoms with Gasteiger partial charge >= 0.3 is 0 Å². The molecule has 0 atom stereocenters. The van der Waals surface area contributed by atoms with Gasteiger partial charge in [0.25, 0.3) is 0 Å². The quantitative estimate of drug-likeness (QED) is 0.877. The Balaban J connectivity index is 1.92. The third kappa shape index (κ3) is 2.83. The number of hydrogen-bond donors (Lipinski definition) is 1. The maximum atomic E-state index is 6.53. The first kappa shape index (κ1) is 14.2. The van der Waals surface area contributed by atoms with E-state index in [1.807, 2.05) is 12.1 Å². The van der Waals surface area contributed by atoms with Crippen molar-refractivity contribution in [2.45, 2.75) is 57.4 Å². The zero-order valence-electron chi connectivity index (χ0n) is 12.5. The number of nitrogens with zero attached hydrogens (tertiary/aromatic N) is 3. The summed E-state index contributed by atoms with van der Waals surface area (Å²) in [4.78, 5) is 8.95. The molecule has 2 aromatic rings. The second-order valence-corrected chi connectivity index (χ2v) is 5.86. The van der Waals surface area contributed by atoms with Crippen molar-refractivity contribution in [1.82, 2.24) is 15.1 Å².